The number of benzene rings is 1. The monoisotopic (exact) mass is 492 g/mol. The van der Waals surface area contributed by atoms with Crippen molar-refractivity contribution in [2.45, 2.75) is 42.7 Å². The first-order valence-corrected chi connectivity index (χ1v) is 10.4. The van der Waals surface area contributed by atoms with Crippen molar-refractivity contribution in [2.24, 2.45) is 0 Å². The lowest BCUT2D eigenvalue weighted by molar-refractivity contribution is -0.290. The second-order valence-corrected chi connectivity index (χ2v) is 7.95. The molecule has 0 saturated carbocycles. The third-order valence-electron chi connectivity index (χ3n) is 5.23. The number of allylic oxidation sites excluding steroid dienone is 2. The average Bonchev–Trinajstić information content (AvgIpc) is 2.81. The van der Waals surface area contributed by atoms with Crippen LogP contribution in [-0.4, -0.2) is 91.3 Å². The van der Waals surface area contributed by atoms with Gasteiger partial charge in [-0.15, -0.1) is 0 Å². The van der Waals surface area contributed by atoms with E-state index < -0.39 is 67.0 Å². The van der Waals surface area contributed by atoms with Crippen LogP contribution in [0.3, 0.4) is 0 Å². The zero-order chi connectivity index (χ0) is 25.8. The van der Waals surface area contributed by atoms with E-state index in [4.69, 9.17) is 14.2 Å². The van der Waals surface area contributed by atoms with Crippen LogP contribution < -0.4 is 0 Å². The third kappa shape index (κ3) is 6.74. The molecule has 0 bridgehead atoms. The minimum Gasteiger partial charge on any atom is -0.504 e. The molecule has 35 heavy (non-hydrogen) atoms. The van der Waals surface area contributed by atoms with Crippen molar-refractivity contribution in [1.82, 2.24) is 0 Å². The summed E-state index contributed by atoms with van der Waals surface area (Å²) in [7, 11) is 0. The van der Waals surface area contributed by atoms with Crippen LogP contribution in [0.25, 0.3) is 6.08 Å². The maximum atomic E-state index is 12.1. The van der Waals surface area contributed by atoms with Gasteiger partial charge in [0, 0.05) is 6.08 Å². The lowest BCUT2D eigenvalue weighted by atomic mass is 9.94. The fourth-order valence-electron chi connectivity index (χ4n) is 3.31. The molecule has 1 saturated heterocycles. The van der Waals surface area contributed by atoms with Crippen LogP contribution in [0.5, 0.6) is 11.5 Å². The maximum absolute atomic E-state index is 12.1. The molecule has 1 aromatic rings. The fraction of sp³-hybridized carbons (Fsp3) is 0.348. The van der Waals surface area contributed by atoms with Crippen molar-refractivity contribution in [2.75, 3.05) is 6.61 Å². The Balaban J connectivity index is 1.51. The van der Waals surface area contributed by atoms with E-state index in [1.807, 2.05) is 0 Å². The number of aromatic hydroxyl groups is 2. The molecule has 6 N–H and O–H groups in total. The summed E-state index contributed by atoms with van der Waals surface area (Å²) < 4.78 is 15.0. The standard InChI is InChI=1S/C23H24O12/c24-13-5-7-23(32,8-6-13)10-18(28)33-11-16-19(29)20(30)21(22(31)34-16)35-17(27)4-2-12-1-3-14(25)15(26)9-12/h1-9,16,19-22,25-26,29-32H,10-11H2/t16-,19-,20+,21-,22-/m1/s1. The van der Waals surface area contributed by atoms with E-state index in [-0.39, 0.29) is 11.5 Å². The zero-order valence-electron chi connectivity index (χ0n) is 18.1. The van der Waals surface area contributed by atoms with Crippen molar-refractivity contribution in [1.29, 1.82) is 0 Å². The number of aliphatic hydroxyl groups is 4. The number of hydrogen-bond donors (Lipinski definition) is 6. The average molecular weight is 492 g/mol. The molecule has 1 aliphatic carbocycles. The Labute approximate surface area is 198 Å². The van der Waals surface area contributed by atoms with E-state index in [2.05, 4.69) is 0 Å². The third-order valence-corrected chi connectivity index (χ3v) is 5.23. The molecular weight excluding hydrogens is 468 g/mol. The molecular formula is C23H24O12. The second-order valence-electron chi connectivity index (χ2n) is 7.95. The molecule has 0 aromatic heterocycles. The Bertz CT molecular complexity index is 1040. The number of ketones is 1. The van der Waals surface area contributed by atoms with Gasteiger partial charge in [0.15, 0.2) is 29.7 Å². The molecule has 12 heteroatoms. The van der Waals surface area contributed by atoms with Crippen molar-refractivity contribution < 1.29 is 59.2 Å². The van der Waals surface area contributed by atoms with Crippen molar-refractivity contribution >= 4 is 23.8 Å². The Morgan fingerprint density at radius 1 is 1.06 bits per heavy atom. The first-order chi connectivity index (χ1) is 16.5. The van der Waals surface area contributed by atoms with E-state index in [9.17, 15) is 45.0 Å². The van der Waals surface area contributed by atoms with Gasteiger partial charge in [-0.25, -0.2) is 4.79 Å². The summed E-state index contributed by atoms with van der Waals surface area (Å²) in [6.45, 7) is -0.596. The van der Waals surface area contributed by atoms with Gasteiger partial charge < -0.3 is 44.8 Å². The number of carbonyl (C=O) groups excluding carboxylic acids is 3. The van der Waals surface area contributed by atoms with Gasteiger partial charge in [-0.1, -0.05) is 6.07 Å². The van der Waals surface area contributed by atoms with E-state index >= 15 is 0 Å². The molecule has 188 valence electrons. The predicted molar refractivity (Wildman–Crippen MR) is 115 cm³/mol. The molecule has 0 unspecified atom stereocenters. The highest BCUT2D eigenvalue weighted by Crippen LogP contribution is 2.26. The van der Waals surface area contributed by atoms with Crippen LogP contribution in [0.1, 0.15) is 12.0 Å². The smallest absolute Gasteiger partial charge is 0.331 e. The Morgan fingerprint density at radius 2 is 1.74 bits per heavy atom. The van der Waals surface area contributed by atoms with Gasteiger partial charge in [-0.3, -0.25) is 9.59 Å². The minimum absolute atomic E-state index is 0.343. The number of rotatable bonds is 7. The molecule has 1 aromatic carbocycles. The van der Waals surface area contributed by atoms with Crippen molar-refractivity contribution in [3.05, 3.63) is 54.1 Å². The van der Waals surface area contributed by atoms with Gasteiger partial charge in [0.2, 0.25) is 0 Å². The number of carbonyl (C=O) groups is 3. The maximum Gasteiger partial charge on any atom is 0.331 e. The number of phenols is 2. The molecule has 12 nitrogen and oxygen atoms in total. The zero-order valence-corrected chi connectivity index (χ0v) is 18.1. The van der Waals surface area contributed by atoms with E-state index in [0.717, 1.165) is 30.4 Å². The first kappa shape index (κ1) is 26.1. The summed E-state index contributed by atoms with van der Waals surface area (Å²) in [6.07, 6.45) is -2.32. The molecule has 1 fully saturated rings. The van der Waals surface area contributed by atoms with Gasteiger partial charge in [0.25, 0.3) is 0 Å². The minimum atomic E-state index is -1.87. The quantitative estimate of drug-likeness (QED) is 0.151. The molecule has 1 heterocycles. The largest absolute Gasteiger partial charge is 0.504 e. The second kappa shape index (κ2) is 10.8. The summed E-state index contributed by atoms with van der Waals surface area (Å²) in [6, 6.07) is 3.79. The summed E-state index contributed by atoms with van der Waals surface area (Å²) in [5.41, 5.74) is -1.38. The summed E-state index contributed by atoms with van der Waals surface area (Å²) in [5, 5.41) is 59.7. The molecule has 1 aliphatic heterocycles. The number of esters is 2. The van der Waals surface area contributed by atoms with Gasteiger partial charge in [0.05, 0.1) is 6.42 Å². The summed E-state index contributed by atoms with van der Waals surface area (Å²) in [4.78, 5) is 35.2. The molecule has 0 amide bonds. The van der Waals surface area contributed by atoms with Crippen LogP contribution in [0, 0.1) is 0 Å². The fourth-order valence-corrected chi connectivity index (χ4v) is 3.31. The summed E-state index contributed by atoms with van der Waals surface area (Å²) >= 11 is 0. The molecule has 2 aliphatic rings. The van der Waals surface area contributed by atoms with Crippen LogP contribution in [0.2, 0.25) is 0 Å². The number of aliphatic hydroxyl groups excluding tert-OH is 3. The van der Waals surface area contributed by atoms with Gasteiger partial charge in [-0.05, 0) is 48.1 Å². The van der Waals surface area contributed by atoms with Crippen LogP contribution in [-0.2, 0) is 28.6 Å². The van der Waals surface area contributed by atoms with Crippen LogP contribution >= 0.6 is 0 Å². The molecule has 5 atom stereocenters. The van der Waals surface area contributed by atoms with E-state index in [1.165, 1.54) is 24.3 Å². The molecule has 0 radical (unpaired) electrons. The summed E-state index contributed by atoms with van der Waals surface area (Å²) in [5.74, 6) is -3.02. The van der Waals surface area contributed by atoms with Crippen LogP contribution in [0.15, 0.2) is 48.6 Å². The highest BCUT2D eigenvalue weighted by molar-refractivity contribution is 6.00. The van der Waals surface area contributed by atoms with Gasteiger partial charge >= 0.3 is 11.9 Å². The molecule has 0 spiro atoms. The van der Waals surface area contributed by atoms with Gasteiger partial charge in [0.1, 0.15) is 30.5 Å². The van der Waals surface area contributed by atoms with Crippen LogP contribution in [0.4, 0.5) is 0 Å². The highest BCUT2D eigenvalue weighted by Gasteiger charge is 2.46. The van der Waals surface area contributed by atoms with E-state index in [0.29, 0.717) is 5.56 Å². The topological polar surface area (TPSA) is 200 Å². The number of ether oxygens (including phenoxy) is 3. The normalized spacial score (nSPS) is 27.7. The highest BCUT2D eigenvalue weighted by atomic mass is 16.7. The lowest BCUT2D eigenvalue weighted by Crippen LogP contribution is -2.60. The van der Waals surface area contributed by atoms with Gasteiger partial charge in [-0.2, -0.15) is 0 Å². The van der Waals surface area contributed by atoms with Crippen molar-refractivity contribution in [3.8, 4) is 11.5 Å². The number of hydrogen-bond acceptors (Lipinski definition) is 12. The first-order valence-electron chi connectivity index (χ1n) is 10.4. The Kier molecular flexibility index (Phi) is 8.04. The number of phenolic OH excluding ortho intramolecular Hbond substituents is 2. The lowest BCUT2D eigenvalue weighted by Gasteiger charge is -2.39. The Morgan fingerprint density at radius 3 is 2.40 bits per heavy atom. The predicted octanol–water partition coefficient (Wildman–Crippen LogP) is -1.18. The SMILES string of the molecule is O=C1C=CC(O)(CC(=O)OC[C@H]2O[C@@H](O)[C@H](OC(=O)C=Cc3ccc(O)c(O)c3)[C@@H](O)[C@@H]2O)C=C1. The van der Waals surface area contributed by atoms with E-state index in [1.54, 1.807) is 0 Å². The van der Waals surface area contributed by atoms with Crippen molar-refractivity contribution in [3.63, 3.8) is 0 Å². The molecule has 3 rings (SSSR count). The Hall–Kier alpha value is -3.55.